The summed E-state index contributed by atoms with van der Waals surface area (Å²) in [6.07, 6.45) is -3.99. The molecule has 3 aromatic heterocycles. The van der Waals surface area contributed by atoms with Crippen molar-refractivity contribution < 1.29 is 34.4 Å². The molecule has 5 N–H and O–H groups in total. The van der Waals surface area contributed by atoms with Gasteiger partial charge in [-0.1, -0.05) is 42.5 Å². The molecule has 0 bridgehead atoms. The molecule has 12 nitrogen and oxygen atoms in total. The minimum absolute atomic E-state index is 0.0298. The smallest absolute Gasteiger partial charge is 0.288 e. The van der Waals surface area contributed by atoms with Gasteiger partial charge in [-0.25, -0.2) is 0 Å². The molecule has 4 atom stereocenters. The number of nitrogens with one attached hydrogen (secondary N) is 2. The average molecular weight is 578 g/mol. The molecule has 6 aromatic rings. The number of aliphatic hydroxyl groups excluding tert-OH is 3. The van der Waals surface area contributed by atoms with Crippen LogP contribution in [0.4, 0.5) is 0 Å². The van der Waals surface area contributed by atoms with Crippen molar-refractivity contribution in [2.45, 2.75) is 24.5 Å². The van der Waals surface area contributed by atoms with Crippen molar-refractivity contribution >= 4 is 61.3 Å². The number of amides is 3. The van der Waals surface area contributed by atoms with Gasteiger partial charge in [0, 0.05) is 33.3 Å². The van der Waals surface area contributed by atoms with Gasteiger partial charge in [-0.05, 0) is 24.3 Å². The normalized spacial score (nSPS) is 22.3. The second-order valence-electron chi connectivity index (χ2n) is 10.7. The number of hydrogen-bond donors (Lipinski definition) is 5. The van der Waals surface area contributed by atoms with E-state index in [0.29, 0.717) is 48.6 Å². The van der Waals surface area contributed by atoms with Gasteiger partial charge >= 0.3 is 0 Å². The summed E-state index contributed by atoms with van der Waals surface area (Å²) in [5, 5.41) is 34.7. The second-order valence-corrected chi connectivity index (χ2v) is 10.7. The molecule has 1 fully saturated rings. The Kier molecular flexibility index (Phi) is 5.46. The summed E-state index contributed by atoms with van der Waals surface area (Å²) in [6, 6.07) is 19.2. The van der Waals surface area contributed by atoms with Crippen molar-refractivity contribution in [2.24, 2.45) is 0 Å². The van der Waals surface area contributed by atoms with Crippen molar-refractivity contribution in [1.29, 1.82) is 0 Å². The van der Waals surface area contributed by atoms with Crippen LogP contribution < -0.4 is 5.43 Å². The SMILES string of the molecule is O=C(NN1C(=O)c2c(c3c4ccccc4n([C@@H]4OC[C@@H](O)[C@H](O)[C@H]4O)c3c3[nH]c4ccccc4c23)C1=O)c1ccccn1. The molecule has 8 rings (SSSR count). The van der Waals surface area contributed by atoms with Gasteiger partial charge in [-0.2, -0.15) is 5.01 Å². The molecular formula is C31H23N5O7. The Hall–Kier alpha value is -5.14. The van der Waals surface area contributed by atoms with Crippen LogP contribution in [-0.2, 0) is 4.74 Å². The Morgan fingerprint density at radius 1 is 0.884 bits per heavy atom. The van der Waals surface area contributed by atoms with E-state index in [1.807, 2.05) is 24.3 Å². The zero-order chi connectivity index (χ0) is 29.6. The summed E-state index contributed by atoms with van der Waals surface area (Å²) in [5.41, 5.74) is 4.89. The Morgan fingerprint density at radius 2 is 1.58 bits per heavy atom. The van der Waals surface area contributed by atoms with E-state index < -0.39 is 42.3 Å². The Morgan fingerprint density at radius 3 is 2.35 bits per heavy atom. The summed E-state index contributed by atoms with van der Waals surface area (Å²) in [4.78, 5) is 48.7. The van der Waals surface area contributed by atoms with Crippen LogP contribution in [-0.4, -0.2) is 77.5 Å². The number of ether oxygens (including phenoxy) is 1. The van der Waals surface area contributed by atoms with E-state index in [2.05, 4.69) is 15.4 Å². The lowest BCUT2D eigenvalue weighted by Crippen LogP contribution is -2.50. The van der Waals surface area contributed by atoms with Crippen LogP contribution in [0.15, 0.2) is 72.9 Å². The number of hydrogen-bond acceptors (Lipinski definition) is 8. The maximum Gasteiger partial charge on any atom is 0.288 e. The third-order valence-corrected chi connectivity index (χ3v) is 8.28. The van der Waals surface area contributed by atoms with Crippen LogP contribution in [0.2, 0.25) is 0 Å². The molecule has 2 aliphatic rings. The molecule has 3 aromatic carbocycles. The lowest BCUT2D eigenvalue weighted by molar-refractivity contribution is -0.208. The van der Waals surface area contributed by atoms with Crippen LogP contribution in [0.25, 0.3) is 43.6 Å². The fraction of sp³-hybridized carbons (Fsp3) is 0.161. The number of aromatic nitrogens is 3. The number of aromatic amines is 1. The van der Waals surface area contributed by atoms with E-state index in [1.54, 1.807) is 41.0 Å². The fourth-order valence-corrected chi connectivity index (χ4v) is 6.37. The minimum atomic E-state index is -1.51. The molecule has 0 radical (unpaired) electrons. The van der Waals surface area contributed by atoms with E-state index in [9.17, 15) is 29.7 Å². The summed E-state index contributed by atoms with van der Waals surface area (Å²) in [7, 11) is 0. The first kappa shape index (κ1) is 25.6. The van der Waals surface area contributed by atoms with E-state index in [1.165, 1.54) is 12.3 Å². The number of hydrazine groups is 1. The third kappa shape index (κ3) is 3.46. The first-order valence-electron chi connectivity index (χ1n) is 13.6. The molecule has 12 heteroatoms. The number of nitrogens with zero attached hydrogens (tertiary/aromatic N) is 3. The first-order valence-corrected chi connectivity index (χ1v) is 13.6. The molecule has 2 aliphatic heterocycles. The minimum Gasteiger partial charge on any atom is -0.388 e. The van der Waals surface area contributed by atoms with Crippen LogP contribution in [0.1, 0.15) is 37.4 Å². The molecule has 5 heterocycles. The molecule has 43 heavy (non-hydrogen) atoms. The van der Waals surface area contributed by atoms with Gasteiger partial charge in [0.25, 0.3) is 17.7 Å². The molecule has 3 amide bonds. The number of imide groups is 1. The largest absolute Gasteiger partial charge is 0.388 e. The molecule has 0 unspecified atom stereocenters. The van der Waals surface area contributed by atoms with Crippen LogP contribution in [0, 0.1) is 0 Å². The molecular weight excluding hydrogens is 554 g/mol. The molecule has 0 spiro atoms. The number of aliphatic hydroxyl groups is 3. The molecule has 0 aliphatic carbocycles. The predicted molar refractivity (Wildman–Crippen MR) is 154 cm³/mol. The maximum absolute atomic E-state index is 14.2. The van der Waals surface area contributed by atoms with Gasteiger partial charge in [0.05, 0.1) is 34.3 Å². The number of para-hydroxylation sites is 2. The molecule has 0 saturated carbocycles. The number of benzene rings is 3. The Labute approximate surface area is 241 Å². The molecule has 214 valence electrons. The van der Waals surface area contributed by atoms with E-state index in [-0.39, 0.29) is 23.4 Å². The first-order chi connectivity index (χ1) is 20.9. The lowest BCUT2D eigenvalue weighted by atomic mass is 9.96. The van der Waals surface area contributed by atoms with Crippen molar-refractivity contribution in [1.82, 2.24) is 25.0 Å². The van der Waals surface area contributed by atoms with Gasteiger partial charge in [-0.15, -0.1) is 0 Å². The summed E-state index contributed by atoms with van der Waals surface area (Å²) in [5.74, 6) is -2.16. The van der Waals surface area contributed by atoms with E-state index >= 15 is 0 Å². The van der Waals surface area contributed by atoms with Gasteiger partial charge in [0.2, 0.25) is 0 Å². The standard InChI is InChI=1S/C31H23N5O7/c37-19-13-43-31(27(39)26(19)38)35-18-11-4-2-8-15(18)21-23-22(20-14-7-1-3-9-16(14)33-24(20)25(21)35)29(41)36(30(23)42)34-28(40)17-10-5-6-12-32-17/h1-12,19,26-27,31,33,37-39H,13H2,(H,34,40)/t19-,26+,27-,31-/m1/s1. The monoisotopic (exact) mass is 577 g/mol. The van der Waals surface area contributed by atoms with Crippen molar-refractivity contribution in [3.05, 3.63) is 89.7 Å². The molecule has 1 saturated heterocycles. The van der Waals surface area contributed by atoms with E-state index in [4.69, 9.17) is 4.74 Å². The van der Waals surface area contributed by atoms with Gasteiger partial charge < -0.3 is 29.6 Å². The van der Waals surface area contributed by atoms with Crippen LogP contribution in [0.3, 0.4) is 0 Å². The van der Waals surface area contributed by atoms with E-state index in [0.717, 1.165) is 0 Å². The lowest BCUT2D eigenvalue weighted by Gasteiger charge is -2.36. The zero-order valence-corrected chi connectivity index (χ0v) is 22.3. The second kappa shape index (κ2) is 9.18. The van der Waals surface area contributed by atoms with Crippen molar-refractivity contribution in [3.8, 4) is 0 Å². The maximum atomic E-state index is 14.2. The highest BCUT2D eigenvalue weighted by atomic mass is 16.5. The topological polar surface area (TPSA) is 170 Å². The highest BCUT2D eigenvalue weighted by Crippen LogP contribution is 2.46. The van der Waals surface area contributed by atoms with Crippen molar-refractivity contribution in [2.75, 3.05) is 6.61 Å². The number of pyridine rings is 1. The van der Waals surface area contributed by atoms with Crippen LogP contribution in [0.5, 0.6) is 0 Å². The third-order valence-electron chi connectivity index (χ3n) is 8.28. The number of carbonyl (C=O) groups is 3. The van der Waals surface area contributed by atoms with Gasteiger partial charge in [-0.3, -0.25) is 24.8 Å². The summed E-state index contributed by atoms with van der Waals surface area (Å²) >= 11 is 0. The Balaban J connectivity index is 1.46. The van der Waals surface area contributed by atoms with Gasteiger partial charge in [0.15, 0.2) is 6.23 Å². The zero-order valence-electron chi connectivity index (χ0n) is 22.3. The quantitative estimate of drug-likeness (QED) is 0.200. The average Bonchev–Trinajstić information content (AvgIpc) is 3.65. The number of rotatable bonds is 3. The predicted octanol–water partition coefficient (Wildman–Crippen LogP) is 2.38. The van der Waals surface area contributed by atoms with Gasteiger partial charge in [0.1, 0.15) is 24.0 Å². The Bertz CT molecular complexity index is 2150. The highest BCUT2D eigenvalue weighted by molar-refractivity contribution is 6.39. The van der Waals surface area contributed by atoms with Crippen LogP contribution >= 0.6 is 0 Å². The number of fused-ring (bicyclic) bond motifs is 10. The number of H-pyrrole nitrogens is 1. The highest BCUT2D eigenvalue weighted by Gasteiger charge is 2.45. The van der Waals surface area contributed by atoms with Crippen molar-refractivity contribution in [3.63, 3.8) is 0 Å². The summed E-state index contributed by atoms with van der Waals surface area (Å²) < 4.78 is 7.60. The number of carbonyl (C=O) groups excluding carboxylic acids is 3. The summed E-state index contributed by atoms with van der Waals surface area (Å²) in [6.45, 7) is -0.234. The fourth-order valence-electron chi connectivity index (χ4n) is 6.37.